The van der Waals surface area contributed by atoms with Gasteiger partial charge in [0.15, 0.2) is 5.82 Å². The minimum Gasteiger partial charge on any atom is -0.497 e. The van der Waals surface area contributed by atoms with Crippen molar-refractivity contribution in [1.29, 1.82) is 0 Å². The molecule has 0 bridgehead atoms. The molecule has 0 aliphatic carbocycles. The molecule has 7 nitrogen and oxygen atoms in total. The Morgan fingerprint density at radius 3 is 2.67 bits per heavy atom. The van der Waals surface area contributed by atoms with E-state index in [2.05, 4.69) is 20.6 Å². The molecule has 1 aromatic heterocycles. The highest BCUT2D eigenvalue weighted by atomic mass is 16.5. The average molecular weight is 289 g/mol. The van der Waals surface area contributed by atoms with E-state index in [0.29, 0.717) is 18.7 Å². The third kappa shape index (κ3) is 3.77. The van der Waals surface area contributed by atoms with Gasteiger partial charge < -0.3 is 9.64 Å². The maximum Gasteiger partial charge on any atom is 0.223 e. The second-order valence-electron chi connectivity index (χ2n) is 4.80. The van der Waals surface area contributed by atoms with Crippen LogP contribution < -0.4 is 4.74 Å². The Balaban J connectivity index is 1.88. The largest absolute Gasteiger partial charge is 0.497 e. The SMILES string of the molecule is COc1ccc(CCC(=O)N(C)C(C)c2nn[nH]n2)cc1. The number of rotatable bonds is 6. The van der Waals surface area contributed by atoms with E-state index >= 15 is 0 Å². The third-order valence-electron chi connectivity index (χ3n) is 3.50. The standard InChI is InChI=1S/C14H19N5O2/c1-10(14-15-17-18-16-14)19(2)13(20)9-6-11-4-7-12(21-3)8-5-11/h4-5,7-8,10H,6,9H2,1-3H3,(H,15,16,17,18). The molecule has 2 aromatic rings. The molecule has 0 fully saturated rings. The number of aryl methyl sites for hydroxylation is 1. The fourth-order valence-electron chi connectivity index (χ4n) is 1.96. The average Bonchev–Trinajstić information content (AvgIpc) is 3.06. The monoisotopic (exact) mass is 289 g/mol. The van der Waals surface area contributed by atoms with Gasteiger partial charge in [-0.25, -0.2) is 0 Å². The van der Waals surface area contributed by atoms with Crippen LogP contribution in [0.5, 0.6) is 5.75 Å². The van der Waals surface area contributed by atoms with E-state index in [1.165, 1.54) is 0 Å². The van der Waals surface area contributed by atoms with Crippen molar-refractivity contribution in [2.75, 3.05) is 14.2 Å². The van der Waals surface area contributed by atoms with Crippen LogP contribution in [0.1, 0.15) is 30.8 Å². The summed E-state index contributed by atoms with van der Waals surface area (Å²) in [5, 5.41) is 13.7. The quantitative estimate of drug-likeness (QED) is 0.868. The molecule has 1 atom stereocenters. The lowest BCUT2D eigenvalue weighted by atomic mass is 10.1. The molecule has 0 saturated carbocycles. The van der Waals surface area contributed by atoms with Crippen LogP contribution >= 0.6 is 0 Å². The Kier molecular flexibility index (Phi) is 4.86. The van der Waals surface area contributed by atoms with Crippen LogP contribution in [0.25, 0.3) is 0 Å². The zero-order chi connectivity index (χ0) is 15.2. The number of amides is 1. The number of tetrazole rings is 1. The Morgan fingerprint density at radius 2 is 2.10 bits per heavy atom. The van der Waals surface area contributed by atoms with Crippen LogP contribution in [0.2, 0.25) is 0 Å². The maximum atomic E-state index is 12.2. The van der Waals surface area contributed by atoms with E-state index in [4.69, 9.17) is 4.74 Å². The number of nitrogens with zero attached hydrogens (tertiary/aromatic N) is 4. The first-order chi connectivity index (χ1) is 10.1. The minimum absolute atomic E-state index is 0.0446. The second kappa shape index (κ2) is 6.83. The van der Waals surface area contributed by atoms with Crippen molar-refractivity contribution < 1.29 is 9.53 Å². The number of carbonyl (C=O) groups is 1. The lowest BCUT2D eigenvalue weighted by molar-refractivity contribution is -0.131. The van der Waals surface area contributed by atoms with Crippen LogP contribution in [0.3, 0.4) is 0 Å². The molecular weight excluding hydrogens is 270 g/mol. The van der Waals surface area contributed by atoms with Crippen molar-refractivity contribution in [3.8, 4) is 5.75 Å². The summed E-state index contributed by atoms with van der Waals surface area (Å²) >= 11 is 0. The summed E-state index contributed by atoms with van der Waals surface area (Å²) in [4.78, 5) is 13.8. The first-order valence-electron chi connectivity index (χ1n) is 6.73. The molecule has 0 spiro atoms. The Bertz CT molecular complexity index is 568. The first-order valence-corrected chi connectivity index (χ1v) is 6.73. The van der Waals surface area contributed by atoms with E-state index in [1.807, 2.05) is 31.2 Å². The number of methoxy groups -OCH3 is 1. The van der Waals surface area contributed by atoms with E-state index in [1.54, 1.807) is 19.1 Å². The molecule has 7 heteroatoms. The molecule has 2 rings (SSSR count). The number of nitrogens with one attached hydrogen (secondary N) is 1. The summed E-state index contributed by atoms with van der Waals surface area (Å²) < 4.78 is 5.11. The van der Waals surface area contributed by atoms with Gasteiger partial charge in [-0.15, -0.1) is 10.2 Å². The van der Waals surface area contributed by atoms with Gasteiger partial charge in [0.2, 0.25) is 5.91 Å². The van der Waals surface area contributed by atoms with Crippen molar-refractivity contribution in [3.63, 3.8) is 0 Å². The second-order valence-corrected chi connectivity index (χ2v) is 4.80. The summed E-state index contributed by atoms with van der Waals surface area (Å²) in [5.74, 6) is 1.37. The Morgan fingerprint density at radius 1 is 1.38 bits per heavy atom. The van der Waals surface area contributed by atoms with Gasteiger partial charge in [-0.05, 0) is 31.0 Å². The summed E-state index contributed by atoms with van der Waals surface area (Å²) in [5.41, 5.74) is 1.10. The van der Waals surface area contributed by atoms with Gasteiger partial charge in [0.05, 0.1) is 13.2 Å². The predicted octanol–water partition coefficient (Wildman–Crippen LogP) is 1.36. The molecule has 1 amide bonds. The topological polar surface area (TPSA) is 84.0 Å². The van der Waals surface area contributed by atoms with Crippen molar-refractivity contribution in [3.05, 3.63) is 35.7 Å². The summed E-state index contributed by atoms with van der Waals surface area (Å²) in [7, 11) is 3.38. The molecule has 21 heavy (non-hydrogen) atoms. The van der Waals surface area contributed by atoms with Gasteiger partial charge in [-0.2, -0.15) is 5.21 Å². The number of aromatic nitrogens is 4. The van der Waals surface area contributed by atoms with Crippen LogP contribution in [-0.2, 0) is 11.2 Å². The normalized spacial score (nSPS) is 12.0. The summed E-state index contributed by atoms with van der Waals surface area (Å²) in [6, 6.07) is 7.52. The molecule has 1 unspecified atom stereocenters. The van der Waals surface area contributed by atoms with Gasteiger partial charge in [-0.1, -0.05) is 17.3 Å². The van der Waals surface area contributed by atoms with Crippen LogP contribution in [0.4, 0.5) is 0 Å². The molecule has 0 aliphatic heterocycles. The smallest absolute Gasteiger partial charge is 0.223 e. The van der Waals surface area contributed by atoms with Crippen LogP contribution in [0.15, 0.2) is 24.3 Å². The van der Waals surface area contributed by atoms with Gasteiger partial charge in [0, 0.05) is 13.5 Å². The molecule has 0 radical (unpaired) electrons. The van der Waals surface area contributed by atoms with Crippen LogP contribution in [-0.4, -0.2) is 45.6 Å². The molecule has 1 N–H and O–H groups in total. The maximum absolute atomic E-state index is 12.2. The summed E-state index contributed by atoms with van der Waals surface area (Å²) in [6.45, 7) is 1.87. The van der Waals surface area contributed by atoms with E-state index in [-0.39, 0.29) is 11.9 Å². The Labute approximate surface area is 123 Å². The molecular formula is C14H19N5O2. The molecule has 1 aromatic carbocycles. The fourth-order valence-corrected chi connectivity index (χ4v) is 1.96. The first kappa shape index (κ1) is 15.0. The minimum atomic E-state index is -0.202. The fraction of sp³-hybridized carbons (Fsp3) is 0.429. The van der Waals surface area contributed by atoms with Crippen molar-refractivity contribution in [2.24, 2.45) is 0 Å². The van der Waals surface area contributed by atoms with Crippen molar-refractivity contribution in [1.82, 2.24) is 25.5 Å². The van der Waals surface area contributed by atoms with E-state index in [9.17, 15) is 4.79 Å². The number of hydrogen-bond donors (Lipinski definition) is 1. The molecule has 0 saturated heterocycles. The van der Waals surface area contributed by atoms with Crippen molar-refractivity contribution >= 4 is 5.91 Å². The third-order valence-corrected chi connectivity index (χ3v) is 3.50. The molecule has 112 valence electrons. The van der Waals surface area contributed by atoms with Crippen LogP contribution in [0, 0.1) is 0 Å². The molecule has 0 aliphatic rings. The van der Waals surface area contributed by atoms with Crippen molar-refractivity contribution in [2.45, 2.75) is 25.8 Å². The highest BCUT2D eigenvalue weighted by Gasteiger charge is 2.20. The predicted molar refractivity (Wildman–Crippen MR) is 76.7 cm³/mol. The van der Waals surface area contributed by atoms with E-state index in [0.717, 1.165) is 11.3 Å². The molecule has 1 heterocycles. The Hall–Kier alpha value is -2.44. The zero-order valence-corrected chi connectivity index (χ0v) is 12.4. The lowest BCUT2D eigenvalue weighted by Crippen LogP contribution is -2.30. The van der Waals surface area contributed by atoms with Gasteiger partial charge >= 0.3 is 0 Å². The highest BCUT2D eigenvalue weighted by Crippen LogP contribution is 2.16. The number of H-pyrrole nitrogens is 1. The summed E-state index contributed by atoms with van der Waals surface area (Å²) in [6.07, 6.45) is 1.12. The number of benzene rings is 1. The lowest BCUT2D eigenvalue weighted by Gasteiger charge is -2.22. The van der Waals surface area contributed by atoms with Gasteiger partial charge in [0.1, 0.15) is 5.75 Å². The zero-order valence-electron chi connectivity index (χ0n) is 12.4. The number of aromatic amines is 1. The highest BCUT2D eigenvalue weighted by molar-refractivity contribution is 5.76. The van der Waals surface area contributed by atoms with Gasteiger partial charge in [0.25, 0.3) is 0 Å². The van der Waals surface area contributed by atoms with E-state index < -0.39 is 0 Å². The van der Waals surface area contributed by atoms with Gasteiger partial charge in [-0.3, -0.25) is 4.79 Å². The number of ether oxygens (including phenoxy) is 1. The number of carbonyl (C=O) groups excluding carboxylic acids is 1. The number of hydrogen-bond acceptors (Lipinski definition) is 5.